The zero-order valence-electron chi connectivity index (χ0n) is 7.84. The van der Waals surface area contributed by atoms with Crippen molar-refractivity contribution in [2.75, 3.05) is 5.75 Å². The van der Waals surface area contributed by atoms with Crippen LogP contribution in [0.15, 0.2) is 34.6 Å². The summed E-state index contributed by atoms with van der Waals surface area (Å²) in [5.74, 6) is 0.302. The van der Waals surface area contributed by atoms with Gasteiger partial charge in [-0.2, -0.15) is 10.5 Å². The van der Waals surface area contributed by atoms with Crippen LogP contribution in [0.25, 0.3) is 5.57 Å². The number of thioether (sulfide) groups is 1. The van der Waals surface area contributed by atoms with Gasteiger partial charge < -0.3 is 0 Å². The molecule has 16 heavy (non-hydrogen) atoms. The molecule has 0 spiro atoms. The van der Waals surface area contributed by atoms with Crippen molar-refractivity contribution in [2.45, 2.75) is 0 Å². The van der Waals surface area contributed by atoms with Gasteiger partial charge in [0.2, 0.25) is 0 Å². The Balaban J connectivity index is 0.00000225. The van der Waals surface area contributed by atoms with Gasteiger partial charge in [0.1, 0.15) is 6.07 Å². The van der Waals surface area contributed by atoms with Crippen molar-refractivity contribution in [3.05, 3.63) is 40.1 Å². The molecule has 0 saturated heterocycles. The summed E-state index contributed by atoms with van der Waals surface area (Å²) in [6, 6.07) is 13.4. The van der Waals surface area contributed by atoms with Crippen LogP contribution in [0, 0.1) is 22.7 Å². The molecule has 0 fully saturated rings. The molecule has 0 bridgehead atoms. The van der Waals surface area contributed by atoms with Gasteiger partial charge in [-0.25, -0.2) is 0 Å². The second kappa shape index (κ2) is 8.75. The minimum atomic E-state index is 0. The summed E-state index contributed by atoms with van der Waals surface area (Å²) in [6.45, 7) is 0. The maximum atomic E-state index is 9.00. The summed E-state index contributed by atoms with van der Waals surface area (Å²) in [6.07, 6.45) is 0. The van der Waals surface area contributed by atoms with E-state index in [1.165, 1.54) is 11.8 Å². The Morgan fingerprint density at radius 1 is 1.25 bits per heavy atom. The van der Waals surface area contributed by atoms with E-state index in [9.17, 15) is 0 Å². The number of hydrogen-bond acceptors (Lipinski definition) is 4. The number of rotatable bonds is 3. The zero-order chi connectivity index (χ0) is 11.1. The van der Waals surface area contributed by atoms with Crippen molar-refractivity contribution >= 4 is 59.5 Å². The molecular weight excluding hydrogens is 247 g/mol. The van der Waals surface area contributed by atoms with E-state index in [1.54, 1.807) is 0 Å². The van der Waals surface area contributed by atoms with Crippen LogP contribution in [-0.4, -0.2) is 35.3 Å². The molecule has 2 nitrogen and oxygen atoms in total. The first-order valence-electron chi connectivity index (χ1n) is 4.18. The quantitative estimate of drug-likeness (QED) is 0.513. The third-order valence-corrected chi connectivity index (χ3v) is 3.02. The second-order valence-electron chi connectivity index (χ2n) is 2.60. The van der Waals surface area contributed by atoms with Crippen LogP contribution in [0.3, 0.4) is 0 Å². The topological polar surface area (TPSA) is 47.6 Å². The average molecular weight is 256 g/mol. The fourth-order valence-electron chi connectivity index (χ4n) is 1.01. The SMILES string of the molecule is N#CCS/C(S)=C(\C#N)c1ccccc1.[NaH]. The number of hydrogen-bond donors (Lipinski definition) is 1. The Labute approximate surface area is 127 Å². The molecule has 1 aromatic carbocycles. The average Bonchev–Trinajstić information content (AvgIpc) is 2.29. The molecule has 0 amide bonds. The molecule has 1 aromatic rings. The second-order valence-corrected chi connectivity index (χ2v) is 4.34. The molecule has 0 saturated carbocycles. The summed E-state index contributed by atoms with van der Waals surface area (Å²) in [5.41, 5.74) is 1.34. The molecule has 0 radical (unpaired) electrons. The van der Waals surface area contributed by atoms with E-state index in [1.807, 2.05) is 36.4 Å². The predicted molar refractivity (Wildman–Crippen MR) is 73.2 cm³/mol. The van der Waals surface area contributed by atoms with E-state index in [0.717, 1.165) is 5.56 Å². The van der Waals surface area contributed by atoms with Gasteiger partial charge >= 0.3 is 29.6 Å². The number of allylic oxidation sites excluding steroid dienone is 1. The van der Waals surface area contributed by atoms with Gasteiger partial charge in [0.15, 0.2) is 0 Å². The van der Waals surface area contributed by atoms with Gasteiger partial charge in [0.05, 0.1) is 21.6 Å². The van der Waals surface area contributed by atoms with Gasteiger partial charge in [0.25, 0.3) is 0 Å². The fraction of sp³-hybridized carbons (Fsp3) is 0.0909. The van der Waals surface area contributed by atoms with Gasteiger partial charge in [-0.3, -0.25) is 0 Å². The third-order valence-electron chi connectivity index (χ3n) is 1.66. The first kappa shape index (κ1) is 15.6. The fourth-order valence-corrected chi connectivity index (χ4v) is 1.90. The van der Waals surface area contributed by atoms with Gasteiger partial charge in [-0.15, -0.1) is 24.4 Å². The molecule has 0 unspecified atom stereocenters. The number of benzene rings is 1. The molecule has 0 N–H and O–H groups in total. The third kappa shape index (κ3) is 4.65. The van der Waals surface area contributed by atoms with E-state index >= 15 is 0 Å². The molecule has 76 valence electrons. The monoisotopic (exact) mass is 256 g/mol. The number of nitrogens with zero attached hydrogens (tertiary/aromatic N) is 2. The summed E-state index contributed by atoms with van der Waals surface area (Å²) in [5, 5.41) is 17.4. The van der Waals surface area contributed by atoms with Crippen LogP contribution in [0.2, 0.25) is 0 Å². The standard InChI is InChI=1S/C11H8N2S2.Na.H/c12-6-7-15-11(14)10(8-13)9-4-2-1-3-5-9;;/h1-5,14H,7H2;;/b11-10+;;. The van der Waals surface area contributed by atoms with Crippen LogP contribution in [0.1, 0.15) is 5.56 Å². The van der Waals surface area contributed by atoms with E-state index in [0.29, 0.717) is 15.6 Å². The van der Waals surface area contributed by atoms with Crippen molar-refractivity contribution in [3.63, 3.8) is 0 Å². The Morgan fingerprint density at radius 3 is 2.38 bits per heavy atom. The van der Waals surface area contributed by atoms with Gasteiger partial charge in [-0.05, 0) is 5.56 Å². The molecule has 0 heterocycles. The van der Waals surface area contributed by atoms with Crippen molar-refractivity contribution < 1.29 is 0 Å². The van der Waals surface area contributed by atoms with Crippen LogP contribution < -0.4 is 0 Å². The molecule has 1 rings (SSSR count). The van der Waals surface area contributed by atoms with Crippen LogP contribution in [0.5, 0.6) is 0 Å². The molecule has 0 atom stereocenters. The molecular formula is C11H9N2NaS2. The Kier molecular flexibility index (Phi) is 8.56. The van der Waals surface area contributed by atoms with Crippen LogP contribution in [0.4, 0.5) is 0 Å². The molecule has 0 aromatic heterocycles. The van der Waals surface area contributed by atoms with Gasteiger partial charge in [-0.1, -0.05) is 30.3 Å². The number of thiol groups is 1. The van der Waals surface area contributed by atoms with Crippen molar-refractivity contribution in [1.82, 2.24) is 0 Å². The van der Waals surface area contributed by atoms with Crippen LogP contribution >= 0.6 is 24.4 Å². The Morgan fingerprint density at radius 2 is 1.88 bits per heavy atom. The van der Waals surface area contributed by atoms with Crippen molar-refractivity contribution in [3.8, 4) is 12.1 Å². The van der Waals surface area contributed by atoms with E-state index < -0.39 is 0 Å². The van der Waals surface area contributed by atoms with E-state index in [2.05, 4.69) is 18.7 Å². The summed E-state index contributed by atoms with van der Waals surface area (Å²) in [7, 11) is 0. The summed E-state index contributed by atoms with van der Waals surface area (Å²) in [4.78, 5) is 0. The van der Waals surface area contributed by atoms with Gasteiger partial charge in [0, 0.05) is 0 Å². The first-order chi connectivity index (χ1) is 7.29. The predicted octanol–water partition coefficient (Wildman–Crippen LogP) is 2.42. The van der Waals surface area contributed by atoms with Crippen molar-refractivity contribution in [1.29, 1.82) is 10.5 Å². The first-order valence-corrected chi connectivity index (χ1v) is 5.61. The Bertz CT molecular complexity index is 443. The maximum absolute atomic E-state index is 9.00. The van der Waals surface area contributed by atoms with E-state index in [-0.39, 0.29) is 29.6 Å². The summed E-state index contributed by atoms with van der Waals surface area (Å²) < 4.78 is 0.588. The molecule has 0 aliphatic rings. The summed E-state index contributed by atoms with van der Waals surface area (Å²) >= 11 is 5.48. The minimum absolute atomic E-state index is 0. The Hall–Kier alpha value is -0.360. The normalized spacial score (nSPS) is 10.4. The van der Waals surface area contributed by atoms with Crippen LogP contribution in [-0.2, 0) is 0 Å². The van der Waals surface area contributed by atoms with E-state index in [4.69, 9.17) is 10.5 Å². The molecule has 0 aliphatic carbocycles. The number of nitriles is 2. The molecule has 0 aliphatic heterocycles. The zero-order valence-corrected chi connectivity index (χ0v) is 9.55. The van der Waals surface area contributed by atoms with Crippen molar-refractivity contribution in [2.24, 2.45) is 0 Å². The molecule has 5 heteroatoms.